The Morgan fingerprint density at radius 2 is 1.69 bits per heavy atom. The molecule has 4 rings (SSSR count). The number of amides is 2. The zero-order valence-electron chi connectivity index (χ0n) is 15.6. The average Bonchev–Trinajstić information content (AvgIpc) is 3.17. The molecule has 0 bridgehead atoms. The minimum atomic E-state index is -0.420. The van der Waals surface area contributed by atoms with Crippen LogP contribution < -0.4 is 15.4 Å². The van der Waals surface area contributed by atoms with Crippen molar-refractivity contribution >= 4 is 34.3 Å². The lowest BCUT2D eigenvalue weighted by Gasteiger charge is -2.10. The summed E-state index contributed by atoms with van der Waals surface area (Å²) in [5.74, 6) is 0.415. The topological polar surface area (TPSA) is 85.3 Å². The number of nitrogens with zero attached hydrogens (tertiary/aromatic N) is 2. The first-order chi connectivity index (χ1) is 14.1. The van der Waals surface area contributed by atoms with Crippen LogP contribution in [0.2, 0.25) is 0 Å². The number of urea groups is 1. The summed E-state index contributed by atoms with van der Waals surface area (Å²) in [5, 5.41) is 6.36. The number of nitrogens with one attached hydrogen (secondary N) is 2. The molecule has 2 N–H and O–H groups in total. The molecule has 4 aromatic rings. The first kappa shape index (κ1) is 18.2. The van der Waals surface area contributed by atoms with E-state index < -0.39 is 6.03 Å². The molecule has 2 aromatic heterocycles. The quantitative estimate of drug-likeness (QED) is 0.545. The van der Waals surface area contributed by atoms with Crippen molar-refractivity contribution in [3.8, 4) is 5.75 Å². The molecule has 0 fully saturated rings. The molecule has 0 radical (unpaired) electrons. The number of fused-ring (bicyclic) bond motifs is 1. The summed E-state index contributed by atoms with van der Waals surface area (Å²) in [5.41, 5.74) is 2.12. The van der Waals surface area contributed by atoms with Crippen LogP contribution >= 0.6 is 0 Å². The third kappa shape index (κ3) is 3.93. The molecule has 0 aliphatic heterocycles. The van der Waals surface area contributed by atoms with E-state index in [2.05, 4.69) is 15.6 Å². The van der Waals surface area contributed by atoms with Gasteiger partial charge in [-0.1, -0.05) is 12.1 Å². The number of aromatic nitrogens is 2. The van der Waals surface area contributed by atoms with Gasteiger partial charge in [-0.25, -0.2) is 9.78 Å². The third-order valence-corrected chi connectivity index (χ3v) is 4.36. The van der Waals surface area contributed by atoms with Gasteiger partial charge in [0.2, 0.25) is 0 Å². The van der Waals surface area contributed by atoms with E-state index in [4.69, 9.17) is 4.74 Å². The Morgan fingerprint density at radius 1 is 0.931 bits per heavy atom. The van der Waals surface area contributed by atoms with Gasteiger partial charge in [0.05, 0.1) is 7.11 Å². The number of carbonyl (C=O) groups excluding carboxylic acids is 2. The van der Waals surface area contributed by atoms with Crippen LogP contribution in [0.5, 0.6) is 5.75 Å². The van der Waals surface area contributed by atoms with Crippen LogP contribution in [0, 0.1) is 0 Å². The lowest BCUT2D eigenvalue weighted by molar-refractivity contribution is 0.0964. The van der Waals surface area contributed by atoms with Crippen molar-refractivity contribution in [1.82, 2.24) is 9.55 Å². The Bertz CT molecular complexity index is 1200. The maximum atomic E-state index is 12.9. The normalized spacial score (nSPS) is 10.5. The second-order valence-electron chi connectivity index (χ2n) is 6.30. The SMILES string of the molecule is COc1cccc(NC(=O)Nc2cccc(C(=O)n3ccc4cccnc43)c2)c1. The molecule has 2 heterocycles. The minimum absolute atomic E-state index is 0.226. The Balaban J connectivity index is 1.51. The number of ether oxygens (including phenoxy) is 1. The summed E-state index contributed by atoms with van der Waals surface area (Å²) in [6, 6.07) is 18.9. The van der Waals surface area contributed by atoms with Crippen molar-refractivity contribution < 1.29 is 14.3 Å². The van der Waals surface area contributed by atoms with Crippen molar-refractivity contribution in [3.05, 3.63) is 84.7 Å². The molecule has 2 amide bonds. The first-order valence-corrected chi connectivity index (χ1v) is 8.93. The van der Waals surface area contributed by atoms with E-state index in [-0.39, 0.29) is 5.91 Å². The molecule has 0 saturated carbocycles. The van der Waals surface area contributed by atoms with Gasteiger partial charge in [0, 0.05) is 40.8 Å². The van der Waals surface area contributed by atoms with Crippen molar-refractivity contribution in [2.75, 3.05) is 17.7 Å². The molecule has 0 aliphatic rings. The Morgan fingerprint density at radius 3 is 2.48 bits per heavy atom. The number of hydrogen-bond donors (Lipinski definition) is 2. The lowest BCUT2D eigenvalue weighted by atomic mass is 10.2. The standard InChI is InChI=1S/C22H18N4O3/c1-29-19-9-3-8-18(14-19)25-22(28)24-17-7-2-5-16(13-17)21(27)26-12-10-15-6-4-11-23-20(15)26/h2-14H,1H3,(H2,24,25,28). The highest BCUT2D eigenvalue weighted by molar-refractivity contribution is 6.03. The fraction of sp³-hybridized carbons (Fsp3) is 0.0455. The fourth-order valence-electron chi connectivity index (χ4n) is 2.99. The zero-order valence-corrected chi connectivity index (χ0v) is 15.6. The largest absolute Gasteiger partial charge is 0.497 e. The van der Waals surface area contributed by atoms with Gasteiger partial charge < -0.3 is 15.4 Å². The maximum absolute atomic E-state index is 12.9. The summed E-state index contributed by atoms with van der Waals surface area (Å²) in [7, 11) is 1.56. The highest BCUT2D eigenvalue weighted by Crippen LogP contribution is 2.19. The molecule has 29 heavy (non-hydrogen) atoms. The number of methoxy groups -OCH3 is 1. The molecular weight excluding hydrogens is 368 g/mol. The van der Waals surface area contributed by atoms with Gasteiger partial charge in [-0.05, 0) is 48.5 Å². The number of rotatable bonds is 4. The maximum Gasteiger partial charge on any atom is 0.323 e. The fourth-order valence-corrected chi connectivity index (χ4v) is 2.99. The summed E-state index contributed by atoms with van der Waals surface area (Å²) in [6.07, 6.45) is 3.34. The van der Waals surface area contributed by atoms with E-state index in [1.54, 1.807) is 68.0 Å². The number of carbonyl (C=O) groups is 2. The summed E-state index contributed by atoms with van der Waals surface area (Å²) in [6.45, 7) is 0. The monoisotopic (exact) mass is 386 g/mol. The molecule has 7 nitrogen and oxygen atoms in total. The van der Waals surface area contributed by atoms with Gasteiger partial charge in [-0.15, -0.1) is 0 Å². The molecule has 7 heteroatoms. The predicted octanol–water partition coefficient (Wildman–Crippen LogP) is 4.38. The van der Waals surface area contributed by atoms with E-state index in [0.717, 1.165) is 5.39 Å². The van der Waals surface area contributed by atoms with Gasteiger partial charge >= 0.3 is 6.03 Å². The summed E-state index contributed by atoms with van der Waals surface area (Å²) < 4.78 is 6.64. The Labute approximate surface area is 166 Å². The molecule has 2 aromatic carbocycles. The Kier molecular flexibility index (Phi) is 4.94. The van der Waals surface area contributed by atoms with Gasteiger partial charge in [0.1, 0.15) is 11.4 Å². The number of benzene rings is 2. The van der Waals surface area contributed by atoms with Gasteiger partial charge in [0.15, 0.2) is 0 Å². The molecule has 0 aliphatic carbocycles. The molecule has 0 saturated heterocycles. The van der Waals surface area contributed by atoms with E-state index in [1.165, 1.54) is 4.57 Å². The van der Waals surface area contributed by atoms with Crippen molar-refractivity contribution in [3.63, 3.8) is 0 Å². The number of hydrogen-bond acceptors (Lipinski definition) is 4. The zero-order chi connectivity index (χ0) is 20.2. The molecular formula is C22H18N4O3. The van der Waals surface area contributed by atoms with Crippen LogP contribution in [0.3, 0.4) is 0 Å². The van der Waals surface area contributed by atoms with Gasteiger partial charge in [0.25, 0.3) is 5.91 Å². The van der Waals surface area contributed by atoms with E-state index >= 15 is 0 Å². The van der Waals surface area contributed by atoms with Crippen molar-refractivity contribution in [2.24, 2.45) is 0 Å². The minimum Gasteiger partial charge on any atom is -0.497 e. The smallest absolute Gasteiger partial charge is 0.323 e. The number of pyridine rings is 1. The highest BCUT2D eigenvalue weighted by Gasteiger charge is 2.13. The van der Waals surface area contributed by atoms with Crippen LogP contribution in [0.1, 0.15) is 10.4 Å². The summed E-state index contributed by atoms with van der Waals surface area (Å²) in [4.78, 5) is 29.5. The van der Waals surface area contributed by atoms with Crippen molar-refractivity contribution in [2.45, 2.75) is 0 Å². The molecule has 0 spiro atoms. The lowest BCUT2D eigenvalue weighted by Crippen LogP contribution is -2.20. The van der Waals surface area contributed by atoms with Crippen LogP contribution in [0.4, 0.5) is 16.2 Å². The van der Waals surface area contributed by atoms with Gasteiger partial charge in [-0.2, -0.15) is 0 Å². The van der Waals surface area contributed by atoms with Gasteiger partial charge in [-0.3, -0.25) is 9.36 Å². The van der Waals surface area contributed by atoms with Crippen LogP contribution in [-0.4, -0.2) is 28.6 Å². The molecule has 0 unspecified atom stereocenters. The van der Waals surface area contributed by atoms with E-state index in [0.29, 0.717) is 28.3 Å². The first-order valence-electron chi connectivity index (χ1n) is 8.93. The molecule has 144 valence electrons. The summed E-state index contributed by atoms with van der Waals surface area (Å²) >= 11 is 0. The van der Waals surface area contributed by atoms with Crippen LogP contribution in [0.15, 0.2) is 79.1 Å². The van der Waals surface area contributed by atoms with Crippen molar-refractivity contribution in [1.29, 1.82) is 0 Å². The predicted molar refractivity (Wildman–Crippen MR) is 112 cm³/mol. The van der Waals surface area contributed by atoms with Crippen LogP contribution in [-0.2, 0) is 0 Å². The third-order valence-electron chi connectivity index (χ3n) is 4.36. The number of anilines is 2. The average molecular weight is 386 g/mol. The Hall–Kier alpha value is -4.13. The highest BCUT2D eigenvalue weighted by atomic mass is 16.5. The second kappa shape index (κ2) is 7.85. The second-order valence-corrected chi connectivity index (χ2v) is 6.30. The van der Waals surface area contributed by atoms with E-state index in [1.807, 2.05) is 18.2 Å². The van der Waals surface area contributed by atoms with Crippen LogP contribution in [0.25, 0.3) is 11.0 Å². The van der Waals surface area contributed by atoms with E-state index in [9.17, 15) is 9.59 Å². The molecule has 0 atom stereocenters.